The number of hydrogen-bond acceptors (Lipinski definition) is 5. The number of esters is 1. The van der Waals surface area contributed by atoms with Gasteiger partial charge in [-0.25, -0.2) is 4.79 Å². The summed E-state index contributed by atoms with van der Waals surface area (Å²) < 4.78 is 10.6. The molecular weight excluding hydrogens is 372 g/mol. The second-order valence-corrected chi connectivity index (χ2v) is 7.58. The maximum atomic E-state index is 12.8. The van der Waals surface area contributed by atoms with Crippen LogP contribution in [0.2, 0.25) is 0 Å². The Labute approximate surface area is 168 Å². The average molecular weight is 394 g/mol. The SMILES string of the molecule is COC(=O)c1ccc(C(=O)Cc2cc(-c3cccs3)ccc2OC(C)C)cc1. The molecule has 0 amide bonds. The Morgan fingerprint density at radius 2 is 1.71 bits per heavy atom. The summed E-state index contributed by atoms with van der Waals surface area (Å²) in [6.07, 6.45) is 0.236. The lowest BCUT2D eigenvalue weighted by Gasteiger charge is -2.15. The standard InChI is InChI=1S/C23H22O4S/c1-15(2)27-21-11-10-18(22-5-4-12-28-22)13-19(21)14-20(24)16-6-8-17(9-7-16)23(25)26-3/h4-13,15H,14H2,1-3H3. The molecule has 3 rings (SSSR count). The summed E-state index contributed by atoms with van der Waals surface area (Å²) in [5.41, 5.74) is 2.88. The van der Waals surface area contributed by atoms with Gasteiger partial charge in [0.05, 0.1) is 18.8 Å². The van der Waals surface area contributed by atoms with Crippen molar-refractivity contribution in [2.24, 2.45) is 0 Å². The Kier molecular flexibility index (Phi) is 6.26. The molecule has 0 spiro atoms. The third kappa shape index (κ3) is 4.67. The van der Waals surface area contributed by atoms with Gasteiger partial charge in [-0.15, -0.1) is 11.3 Å². The van der Waals surface area contributed by atoms with Gasteiger partial charge in [-0.1, -0.05) is 18.2 Å². The van der Waals surface area contributed by atoms with Crippen molar-refractivity contribution in [1.29, 1.82) is 0 Å². The summed E-state index contributed by atoms with van der Waals surface area (Å²) in [5, 5.41) is 2.03. The zero-order valence-corrected chi connectivity index (χ0v) is 16.9. The van der Waals surface area contributed by atoms with Gasteiger partial charge in [-0.3, -0.25) is 4.79 Å². The van der Waals surface area contributed by atoms with Gasteiger partial charge in [-0.2, -0.15) is 0 Å². The van der Waals surface area contributed by atoms with Crippen LogP contribution in [-0.2, 0) is 11.2 Å². The lowest BCUT2D eigenvalue weighted by Crippen LogP contribution is -2.10. The van der Waals surface area contributed by atoms with E-state index < -0.39 is 5.97 Å². The fourth-order valence-corrected chi connectivity index (χ4v) is 3.59. The van der Waals surface area contributed by atoms with Crippen LogP contribution < -0.4 is 4.74 Å². The van der Waals surface area contributed by atoms with Gasteiger partial charge in [0.25, 0.3) is 0 Å². The zero-order chi connectivity index (χ0) is 20.1. The largest absolute Gasteiger partial charge is 0.491 e. The number of Topliss-reactive ketones (excluding diaryl/α,β-unsaturated/α-hetero) is 1. The number of methoxy groups -OCH3 is 1. The minimum atomic E-state index is -0.421. The smallest absolute Gasteiger partial charge is 0.337 e. The number of ketones is 1. The first-order chi connectivity index (χ1) is 13.5. The van der Waals surface area contributed by atoms with E-state index >= 15 is 0 Å². The van der Waals surface area contributed by atoms with E-state index in [-0.39, 0.29) is 18.3 Å². The molecule has 0 saturated carbocycles. The van der Waals surface area contributed by atoms with Crippen molar-refractivity contribution in [3.05, 3.63) is 76.7 Å². The highest BCUT2D eigenvalue weighted by Crippen LogP contribution is 2.31. The summed E-state index contributed by atoms with van der Waals surface area (Å²) in [6.45, 7) is 3.93. The minimum Gasteiger partial charge on any atom is -0.491 e. The van der Waals surface area contributed by atoms with Crippen LogP contribution in [0.1, 0.15) is 40.1 Å². The zero-order valence-electron chi connectivity index (χ0n) is 16.1. The van der Waals surface area contributed by atoms with Crippen molar-refractivity contribution in [2.75, 3.05) is 7.11 Å². The third-order valence-electron chi connectivity index (χ3n) is 4.21. The maximum Gasteiger partial charge on any atom is 0.337 e. The highest BCUT2D eigenvalue weighted by Gasteiger charge is 2.15. The van der Waals surface area contributed by atoms with Gasteiger partial charge in [0.1, 0.15) is 5.75 Å². The number of thiophene rings is 1. The van der Waals surface area contributed by atoms with Crippen molar-refractivity contribution in [3.63, 3.8) is 0 Å². The summed E-state index contributed by atoms with van der Waals surface area (Å²) >= 11 is 1.66. The van der Waals surface area contributed by atoms with E-state index in [2.05, 4.69) is 6.07 Å². The molecule has 0 radical (unpaired) electrons. The molecule has 4 nitrogen and oxygen atoms in total. The monoisotopic (exact) mass is 394 g/mol. The normalized spacial score (nSPS) is 10.7. The molecule has 1 heterocycles. The van der Waals surface area contributed by atoms with E-state index in [1.165, 1.54) is 7.11 Å². The van der Waals surface area contributed by atoms with Crippen LogP contribution in [0.5, 0.6) is 5.75 Å². The predicted molar refractivity (Wildman–Crippen MR) is 111 cm³/mol. The summed E-state index contributed by atoms with van der Waals surface area (Å²) in [5.74, 6) is 0.262. The number of hydrogen-bond donors (Lipinski definition) is 0. The summed E-state index contributed by atoms with van der Waals surface area (Å²) in [7, 11) is 1.33. The Balaban J connectivity index is 1.87. The molecule has 0 atom stereocenters. The Bertz CT molecular complexity index is 957. The minimum absolute atomic E-state index is 0.0146. The molecule has 0 aliphatic carbocycles. The van der Waals surface area contributed by atoms with E-state index in [4.69, 9.17) is 9.47 Å². The number of rotatable bonds is 7. The first kappa shape index (κ1) is 19.8. The Morgan fingerprint density at radius 1 is 1.00 bits per heavy atom. The highest BCUT2D eigenvalue weighted by atomic mass is 32.1. The van der Waals surface area contributed by atoms with Crippen LogP contribution in [0.25, 0.3) is 10.4 Å². The highest BCUT2D eigenvalue weighted by molar-refractivity contribution is 7.13. The van der Waals surface area contributed by atoms with Crippen molar-refractivity contribution in [2.45, 2.75) is 26.4 Å². The number of benzene rings is 2. The molecular formula is C23H22O4S. The predicted octanol–water partition coefficient (Wildman–Crippen LogP) is 5.41. The first-order valence-corrected chi connectivity index (χ1v) is 9.91. The van der Waals surface area contributed by atoms with Gasteiger partial charge in [0.2, 0.25) is 0 Å². The van der Waals surface area contributed by atoms with Crippen LogP contribution >= 0.6 is 11.3 Å². The molecule has 5 heteroatoms. The third-order valence-corrected chi connectivity index (χ3v) is 5.13. The molecule has 3 aromatic rings. The summed E-state index contributed by atoms with van der Waals surface area (Å²) in [6, 6.07) is 16.5. The second-order valence-electron chi connectivity index (χ2n) is 6.64. The molecule has 2 aromatic carbocycles. The molecule has 0 fully saturated rings. The fraction of sp³-hybridized carbons (Fsp3) is 0.217. The molecule has 0 aliphatic rings. The first-order valence-electron chi connectivity index (χ1n) is 9.03. The number of carbonyl (C=O) groups is 2. The van der Waals surface area contributed by atoms with Gasteiger partial charge in [0, 0.05) is 22.4 Å². The van der Waals surface area contributed by atoms with Gasteiger partial charge in [-0.05, 0) is 61.2 Å². The molecule has 0 unspecified atom stereocenters. The van der Waals surface area contributed by atoms with Gasteiger partial charge >= 0.3 is 5.97 Å². The molecule has 0 saturated heterocycles. The van der Waals surface area contributed by atoms with Crippen molar-refractivity contribution in [1.82, 2.24) is 0 Å². The second kappa shape index (κ2) is 8.85. The fourth-order valence-electron chi connectivity index (χ4n) is 2.87. The maximum absolute atomic E-state index is 12.8. The van der Waals surface area contributed by atoms with Crippen molar-refractivity contribution in [3.8, 4) is 16.2 Å². The lowest BCUT2D eigenvalue weighted by atomic mass is 9.99. The van der Waals surface area contributed by atoms with E-state index in [9.17, 15) is 9.59 Å². The molecule has 144 valence electrons. The van der Waals surface area contributed by atoms with Crippen LogP contribution in [0.15, 0.2) is 60.0 Å². The summed E-state index contributed by atoms with van der Waals surface area (Å²) in [4.78, 5) is 25.5. The average Bonchev–Trinajstić information content (AvgIpc) is 3.23. The molecule has 28 heavy (non-hydrogen) atoms. The molecule has 0 aliphatic heterocycles. The number of carbonyl (C=O) groups excluding carboxylic acids is 2. The van der Waals surface area contributed by atoms with Crippen molar-refractivity contribution < 1.29 is 19.1 Å². The van der Waals surface area contributed by atoms with E-state index in [1.54, 1.807) is 35.6 Å². The Morgan fingerprint density at radius 3 is 2.32 bits per heavy atom. The van der Waals surface area contributed by atoms with Crippen LogP contribution in [-0.4, -0.2) is 25.0 Å². The molecule has 0 N–H and O–H groups in total. The van der Waals surface area contributed by atoms with E-state index in [1.807, 2.05) is 43.5 Å². The van der Waals surface area contributed by atoms with E-state index in [0.29, 0.717) is 11.1 Å². The molecule has 1 aromatic heterocycles. The molecule has 0 bridgehead atoms. The van der Waals surface area contributed by atoms with Gasteiger partial charge < -0.3 is 9.47 Å². The Hall–Kier alpha value is -2.92. The van der Waals surface area contributed by atoms with Crippen LogP contribution in [0.4, 0.5) is 0 Å². The quantitative estimate of drug-likeness (QED) is 0.397. The van der Waals surface area contributed by atoms with Crippen LogP contribution in [0, 0.1) is 0 Å². The van der Waals surface area contributed by atoms with Crippen molar-refractivity contribution >= 4 is 23.1 Å². The van der Waals surface area contributed by atoms with Gasteiger partial charge in [0.15, 0.2) is 5.78 Å². The van der Waals surface area contributed by atoms with E-state index in [0.717, 1.165) is 21.8 Å². The lowest BCUT2D eigenvalue weighted by molar-refractivity contribution is 0.0600. The van der Waals surface area contributed by atoms with Crippen LogP contribution in [0.3, 0.4) is 0 Å². The number of ether oxygens (including phenoxy) is 2. The topological polar surface area (TPSA) is 52.6 Å².